The van der Waals surface area contributed by atoms with E-state index < -0.39 is 12.2 Å². The molecule has 2 N–H and O–H groups in total. The van der Waals surface area contributed by atoms with Crippen LogP contribution in [0.5, 0.6) is 0 Å². The molecule has 0 radical (unpaired) electrons. The van der Waals surface area contributed by atoms with E-state index >= 15 is 0 Å². The van der Waals surface area contributed by atoms with Gasteiger partial charge in [0.2, 0.25) is 0 Å². The number of hydrogen-bond acceptors (Lipinski definition) is 2. The molecule has 2 atom stereocenters. The third-order valence-electron chi connectivity index (χ3n) is 2.21. The van der Waals surface area contributed by atoms with Crippen LogP contribution >= 0.6 is 23.2 Å². The van der Waals surface area contributed by atoms with E-state index in [9.17, 15) is 5.11 Å². The van der Waals surface area contributed by atoms with Crippen molar-refractivity contribution < 1.29 is 10.2 Å². The second kappa shape index (κ2) is 5.71. The van der Waals surface area contributed by atoms with Crippen LogP contribution in [0.4, 0.5) is 0 Å². The molecule has 0 aliphatic rings. The first-order valence-corrected chi connectivity index (χ1v) is 5.55. The number of aliphatic hydroxyl groups is 2. The highest BCUT2D eigenvalue weighted by Gasteiger charge is 2.10. The lowest BCUT2D eigenvalue weighted by molar-refractivity contribution is 0.0265. The van der Waals surface area contributed by atoms with Crippen molar-refractivity contribution in [3.05, 3.63) is 33.8 Å². The summed E-state index contributed by atoms with van der Waals surface area (Å²) >= 11 is 11.7. The molecule has 0 spiro atoms. The summed E-state index contributed by atoms with van der Waals surface area (Å²) < 4.78 is 0. The zero-order valence-corrected chi connectivity index (χ0v) is 9.96. The molecule has 0 fully saturated rings. The summed E-state index contributed by atoms with van der Waals surface area (Å²) in [6.07, 6.45) is -0.275. The lowest BCUT2D eigenvalue weighted by Gasteiger charge is -2.13. The highest BCUT2D eigenvalue weighted by molar-refractivity contribution is 6.34. The van der Waals surface area contributed by atoms with Gasteiger partial charge in [0.05, 0.1) is 12.2 Å². The van der Waals surface area contributed by atoms with Gasteiger partial charge in [-0.25, -0.2) is 0 Å². The smallest absolute Gasteiger partial charge is 0.0799 e. The molecule has 0 saturated heterocycles. The predicted molar refractivity (Wildman–Crippen MR) is 62.5 cm³/mol. The Hall–Kier alpha value is -0.280. The van der Waals surface area contributed by atoms with E-state index in [1.54, 1.807) is 13.0 Å². The molecule has 2 nitrogen and oxygen atoms in total. The Balaban J connectivity index is 2.57. The van der Waals surface area contributed by atoms with Crippen molar-refractivity contribution in [2.75, 3.05) is 0 Å². The third-order valence-corrected chi connectivity index (χ3v) is 2.64. The van der Waals surface area contributed by atoms with Gasteiger partial charge < -0.3 is 10.2 Å². The highest BCUT2D eigenvalue weighted by Crippen LogP contribution is 2.20. The quantitative estimate of drug-likeness (QED) is 0.861. The number of aliphatic hydroxyl groups excluding tert-OH is 2. The minimum atomic E-state index is -0.709. The zero-order chi connectivity index (χ0) is 11.4. The molecule has 84 valence electrons. The molecular formula is C11H14Cl2O2. The van der Waals surface area contributed by atoms with Crippen molar-refractivity contribution >= 4 is 23.2 Å². The van der Waals surface area contributed by atoms with Crippen LogP contribution in [-0.2, 0) is 6.42 Å². The van der Waals surface area contributed by atoms with Crippen LogP contribution < -0.4 is 0 Å². The Labute approximate surface area is 99.5 Å². The van der Waals surface area contributed by atoms with Gasteiger partial charge in [-0.3, -0.25) is 0 Å². The first-order valence-electron chi connectivity index (χ1n) is 4.80. The summed E-state index contributed by atoms with van der Waals surface area (Å²) in [5.74, 6) is 0. The van der Waals surface area contributed by atoms with E-state index in [0.29, 0.717) is 22.9 Å². The topological polar surface area (TPSA) is 40.5 Å². The number of hydrogen-bond donors (Lipinski definition) is 2. The van der Waals surface area contributed by atoms with Gasteiger partial charge in [0, 0.05) is 10.0 Å². The average molecular weight is 249 g/mol. The fraction of sp³-hybridized carbons (Fsp3) is 0.455. The number of benzene rings is 1. The number of rotatable bonds is 4. The Morgan fingerprint density at radius 2 is 1.67 bits per heavy atom. The first kappa shape index (κ1) is 12.8. The van der Waals surface area contributed by atoms with Crippen molar-refractivity contribution in [1.82, 2.24) is 0 Å². The minimum absolute atomic E-state index is 0.494. The van der Waals surface area contributed by atoms with Crippen molar-refractivity contribution in [3.63, 3.8) is 0 Å². The Morgan fingerprint density at radius 3 is 2.13 bits per heavy atom. The standard InChI is InChI=1S/C11H14Cl2O2/c1-7(14)11(15)3-2-8-4-9(12)6-10(13)5-8/h4-7,11,14-15H,2-3H2,1H3. The number of aryl methyl sites for hydroxylation is 1. The van der Waals surface area contributed by atoms with E-state index in [1.807, 2.05) is 12.1 Å². The van der Waals surface area contributed by atoms with Crippen molar-refractivity contribution in [2.24, 2.45) is 0 Å². The second-order valence-corrected chi connectivity index (χ2v) is 4.50. The second-order valence-electron chi connectivity index (χ2n) is 3.62. The van der Waals surface area contributed by atoms with Gasteiger partial charge in [-0.05, 0) is 43.5 Å². The summed E-state index contributed by atoms with van der Waals surface area (Å²) in [5.41, 5.74) is 0.965. The van der Waals surface area contributed by atoms with Crippen LogP contribution in [-0.4, -0.2) is 22.4 Å². The van der Waals surface area contributed by atoms with E-state index in [-0.39, 0.29) is 0 Å². The number of halogens is 2. The van der Waals surface area contributed by atoms with Gasteiger partial charge in [0.25, 0.3) is 0 Å². The van der Waals surface area contributed by atoms with Crippen molar-refractivity contribution in [2.45, 2.75) is 32.0 Å². The summed E-state index contributed by atoms with van der Waals surface area (Å²) in [4.78, 5) is 0. The highest BCUT2D eigenvalue weighted by atomic mass is 35.5. The zero-order valence-electron chi connectivity index (χ0n) is 8.45. The lowest BCUT2D eigenvalue weighted by Crippen LogP contribution is -2.22. The largest absolute Gasteiger partial charge is 0.391 e. The molecule has 2 unspecified atom stereocenters. The summed E-state index contributed by atoms with van der Waals surface area (Å²) in [5, 5.41) is 19.7. The maximum Gasteiger partial charge on any atom is 0.0799 e. The molecule has 1 aromatic rings. The molecule has 0 amide bonds. The molecule has 0 aliphatic heterocycles. The van der Waals surface area contributed by atoms with Crippen LogP contribution in [0.15, 0.2) is 18.2 Å². The van der Waals surface area contributed by atoms with Crippen LogP contribution in [0, 0.1) is 0 Å². The fourth-order valence-corrected chi connectivity index (χ4v) is 1.88. The Morgan fingerprint density at radius 1 is 1.13 bits per heavy atom. The van der Waals surface area contributed by atoms with Crippen LogP contribution in [0.25, 0.3) is 0 Å². The first-order chi connectivity index (χ1) is 6.99. The molecule has 15 heavy (non-hydrogen) atoms. The lowest BCUT2D eigenvalue weighted by atomic mass is 10.0. The van der Waals surface area contributed by atoms with Gasteiger partial charge in [0.15, 0.2) is 0 Å². The Kier molecular flexibility index (Phi) is 4.87. The molecule has 4 heteroatoms. The molecule has 0 heterocycles. The molecule has 0 aliphatic carbocycles. The molecule has 0 saturated carbocycles. The van der Waals surface area contributed by atoms with Crippen LogP contribution in [0.1, 0.15) is 18.9 Å². The summed E-state index contributed by atoms with van der Waals surface area (Å²) in [6, 6.07) is 5.28. The van der Waals surface area contributed by atoms with Gasteiger partial charge in [0.1, 0.15) is 0 Å². The third kappa shape index (κ3) is 4.39. The van der Waals surface area contributed by atoms with Gasteiger partial charge in [-0.2, -0.15) is 0 Å². The van der Waals surface area contributed by atoms with Crippen molar-refractivity contribution in [1.29, 1.82) is 0 Å². The van der Waals surface area contributed by atoms with Crippen LogP contribution in [0.2, 0.25) is 10.0 Å². The molecule has 1 aromatic carbocycles. The monoisotopic (exact) mass is 248 g/mol. The van der Waals surface area contributed by atoms with Crippen LogP contribution in [0.3, 0.4) is 0 Å². The Bertz CT molecular complexity index is 306. The van der Waals surface area contributed by atoms with Gasteiger partial charge in [-0.1, -0.05) is 23.2 Å². The van der Waals surface area contributed by atoms with Gasteiger partial charge >= 0.3 is 0 Å². The SMILES string of the molecule is CC(O)C(O)CCc1cc(Cl)cc(Cl)c1. The van der Waals surface area contributed by atoms with Crippen molar-refractivity contribution in [3.8, 4) is 0 Å². The normalized spacial score (nSPS) is 15.0. The van der Waals surface area contributed by atoms with E-state index in [2.05, 4.69) is 0 Å². The fourth-order valence-electron chi connectivity index (χ4n) is 1.31. The molecule has 1 rings (SSSR count). The predicted octanol–water partition coefficient (Wildman–Crippen LogP) is 2.67. The average Bonchev–Trinajstić information content (AvgIpc) is 2.12. The maximum absolute atomic E-state index is 9.41. The summed E-state index contributed by atoms with van der Waals surface area (Å²) in [7, 11) is 0. The van der Waals surface area contributed by atoms with E-state index in [4.69, 9.17) is 28.3 Å². The van der Waals surface area contributed by atoms with E-state index in [0.717, 1.165) is 5.56 Å². The molecular weight excluding hydrogens is 235 g/mol. The summed E-state index contributed by atoms with van der Waals surface area (Å²) in [6.45, 7) is 1.57. The molecule has 0 bridgehead atoms. The molecule has 0 aromatic heterocycles. The maximum atomic E-state index is 9.41. The van der Waals surface area contributed by atoms with Gasteiger partial charge in [-0.15, -0.1) is 0 Å². The van der Waals surface area contributed by atoms with E-state index in [1.165, 1.54) is 0 Å². The minimum Gasteiger partial charge on any atom is -0.391 e.